The Morgan fingerprint density at radius 3 is 2.56 bits per heavy atom. The first kappa shape index (κ1) is 13.5. The lowest BCUT2D eigenvalue weighted by Gasteiger charge is -2.12. The van der Waals surface area contributed by atoms with E-state index in [4.69, 9.17) is 0 Å². The fraction of sp³-hybridized carbons (Fsp3) is 0.364. The van der Waals surface area contributed by atoms with Crippen LogP contribution >= 0.6 is 15.9 Å². The third-order valence-corrected chi connectivity index (χ3v) is 3.72. The van der Waals surface area contributed by atoms with E-state index >= 15 is 0 Å². The van der Waals surface area contributed by atoms with Crippen LogP contribution in [0.3, 0.4) is 0 Å². The molecule has 1 aromatic rings. The zero-order valence-corrected chi connectivity index (χ0v) is 11.7. The Balaban J connectivity index is 2.85. The van der Waals surface area contributed by atoms with Gasteiger partial charge in [0.2, 0.25) is 0 Å². The number of rotatable bonds is 2. The van der Waals surface area contributed by atoms with E-state index in [-0.39, 0.29) is 10.6 Å². The van der Waals surface area contributed by atoms with Crippen LogP contribution in [0.4, 0.5) is 4.39 Å². The summed E-state index contributed by atoms with van der Waals surface area (Å²) in [6.45, 7) is 5.54. The predicted molar refractivity (Wildman–Crippen MR) is 69.6 cm³/mol. The van der Waals surface area contributed by atoms with Crippen LogP contribution in [0.1, 0.15) is 26.3 Å². The Bertz CT molecular complexity index is 440. The van der Waals surface area contributed by atoms with E-state index in [9.17, 15) is 8.60 Å². The van der Waals surface area contributed by atoms with Crippen LogP contribution in [-0.4, -0.2) is 15.2 Å². The molecule has 1 aromatic carbocycles. The van der Waals surface area contributed by atoms with Gasteiger partial charge in [0.15, 0.2) is 0 Å². The largest absolute Gasteiger partial charge is 0.234 e. The summed E-state index contributed by atoms with van der Waals surface area (Å²) in [5, 5.41) is 0. The molecular weight excluding hydrogens is 293 g/mol. The maximum absolute atomic E-state index is 12.9. The highest BCUT2D eigenvalue weighted by molar-refractivity contribution is 9.10. The van der Waals surface area contributed by atoms with Crippen LogP contribution in [-0.2, 0) is 11.0 Å². The number of nitrogens with zero attached hydrogens (tertiary/aromatic N) is 1. The van der Waals surface area contributed by atoms with Gasteiger partial charge in [-0.2, -0.15) is 4.40 Å². The number of hydrogen-bond acceptors (Lipinski definition) is 1. The van der Waals surface area contributed by atoms with E-state index in [1.807, 2.05) is 20.8 Å². The molecule has 0 bridgehead atoms. The second kappa shape index (κ2) is 5.19. The van der Waals surface area contributed by atoms with Crippen molar-refractivity contribution < 1.29 is 8.60 Å². The van der Waals surface area contributed by atoms with Crippen LogP contribution in [0.15, 0.2) is 27.1 Å². The molecule has 0 aliphatic heterocycles. The van der Waals surface area contributed by atoms with Crippen LogP contribution in [0, 0.1) is 5.82 Å². The maximum atomic E-state index is 12.9. The Morgan fingerprint density at radius 2 is 2.06 bits per heavy atom. The topological polar surface area (TPSA) is 29.4 Å². The van der Waals surface area contributed by atoms with Gasteiger partial charge in [-0.1, -0.05) is 6.07 Å². The number of halogens is 2. The van der Waals surface area contributed by atoms with Gasteiger partial charge in [0.05, 0.1) is 9.22 Å². The molecule has 0 N–H and O–H groups in total. The maximum Gasteiger partial charge on any atom is 0.144 e. The van der Waals surface area contributed by atoms with E-state index < -0.39 is 11.0 Å². The van der Waals surface area contributed by atoms with Gasteiger partial charge in [0.25, 0.3) is 0 Å². The van der Waals surface area contributed by atoms with Crippen molar-refractivity contribution in [1.82, 2.24) is 0 Å². The van der Waals surface area contributed by atoms with Crippen molar-refractivity contribution in [3.63, 3.8) is 0 Å². The third-order valence-electron chi connectivity index (χ3n) is 1.77. The van der Waals surface area contributed by atoms with Gasteiger partial charge in [-0.3, -0.25) is 0 Å². The molecule has 0 heterocycles. The van der Waals surface area contributed by atoms with Crippen LogP contribution in [0.5, 0.6) is 0 Å². The van der Waals surface area contributed by atoms with Gasteiger partial charge in [-0.25, -0.2) is 8.60 Å². The minimum absolute atomic E-state index is 0.325. The fourth-order valence-electron chi connectivity index (χ4n) is 0.860. The molecule has 1 rings (SSSR count). The van der Waals surface area contributed by atoms with E-state index in [0.29, 0.717) is 10.0 Å². The van der Waals surface area contributed by atoms with Crippen molar-refractivity contribution in [3.8, 4) is 0 Å². The summed E-state index contributed by atoms with van der Waals surface area (Å²) >= 11 is 3.08. The summed E-state index contributed by atoms with van der Waals surface area (Å²) in [6.07, 6.45) is 1.49. The zero-order valence-electron chi connectivity index (χ0n) is 9.33. The van der Waals surface area contributed by atoms with Gasteiger partial charge < -0.3 is 0 Å². The summed E-state index contributed by atoms with van der Waals surface area (Å²) in [6, 6.07) is 4.52. The molecule has 0 aromatic heterocycles. The second-order valence-corrected chi connectivity index (χ2v) is 7.06. The lowest BCUT2D eigenvalue weighted by Crippen LogP contribution is -2.19. The van der Waals surface area contributed by atoms with E-state index in [2.05, 4.69) is 20.3 Å². The standard InChI is InChI=1S/C11H13BrFNOS/c1-11(2,3)16(15)14-7-8-4-5-10(13)9(12)6-8/h4-7H,1-3H3/b14-7+/t16-/m1/s1. The molecule has 0 saturated carbocycles. The van der Waals surface area contributed by atoms with Crippen LogP contribution in [0.25, 0.3) is 0 Å². The Morgan fingerprint density at radius 1 is 1.44 bits per heavy atom. The molecule has 0 aliphatic carbocycles. The molecule has 0 spiro atoms. The predicted octanol–water partition coefficient (Wildman–Crippen LogP) is 3.47. The molecule has 16 heavy (non-hydrogen) atoms. The van der Waals surface area contributed by atoms with Crippen molar-refractivity contribution in [1.29, 1.82) is 0 Å². The summed E-state index contributed by atoms with van der Waals surface area (Å²) in [5.74, 6) is -0.325. The first-order chi connectivity index (χ1) is 7.30. The highest BCUT2D eigenvalue weighted by Crippen LogP contribution is 2.16. The van der Waals surface area contributed by atoms with Gasteiger partial charge in [0, 0.05) is 6.21 Å². The minimum Gasteiger partial charge on any atom is -0.234 e. The second-order valence-electron chi connectivity index (χ2n) is 4.27. The molecular formula is C11H13BrFNOS. The van der Waals surface area contributed by atoms with E-state index in [0.717, 1.165) is 0 Å². The monoisotopic (exact) mass is 305 g/mol. The minimum atomic E-state index is -1.29. The molecule has 0 aliphatic rings. The van der Waals surface area contributed by atoms with Crippen molar-refractivity contribution in [3.05, 3.63) is 34.1 Å². The normalized spacial score (nSPS) is 14.3. The summed E-state index contributed by atoms with van der Waals surface area (Å²) < 4.78 is 28.5. The van der Waals surface area contributed by atoms with Gasteiger partial charge in [-0.15, -0.1) is 0 Å². The smallest absolute Gasteiger partial charge is 0.144 e. The first-order valence-electron chi connectivity index (χ1n) is 4.72. The Labute approximate surface area is 106 Å². The summed E-state index contributed by atoms with van der Waals surface area (Å²) in [5.41, 5.74) is 0.714. The van der Waals surface area contributed by atoms with Gasteiger partial charge in [-0.05, 0) is 54.4 Å². The fourth-order valence-corrected chi connectivity index (χ4v) is 1.79. The molecule has 0 saturated heterocycles. The Kier molecular flexibility index (Phi) is 4.38. The van der Waals surface area contributed by atoms with Crippen molar-refractivity contribution in [2.45, 2.75) is 25.5 Å². The molecule has 0 unspecified atom stereocenters. The van der Waals surface area contributed by atoms with Gasteiger partial charge in [0.1, 0.15) is 16.8 Å². The summed E-state index contributed by atoms with van der Waals surface area (Å²) in [4.78, 5) is 0. The van der Waals surface area contributed by atoms with E-state index in [1.165, 1.54) is 12.3 Å². The average molecular weight is 306 g/mol. The van der Waals surface area contributed by atoms with Crippen LogP contribution in [0.2, 0.25) is 0 Å². The van der Waals surface area contributed by atoms with Gasteiger partial charge >= 0.3 is 0 Å². The third kappa shape index (κ3) is 3.79. The molecule has 0 fully saturated rings. The number of benzene rings is 1. The Hall–Kier alpha value is -0.550. The zero-order chi connectivity index (χ0) is 12.3. The number of hydrogen-bond donors (Lipinski definition) is 0. The SMILES string of the molecule is CC(C)(C)[S@@](=O)/N=C/c1ccc(F)c(Br)c1. The lowest BCUT2D eigenvalue weighted by atomic mass is 10.2. The van der Waals surface area contributed by atoms with E-state index in [1.54, 1.807) is 12.1 Å². The van der Waals surface area contributed by atoms with Crippen molar-refractivity contribution >= 4 is 33.1 Å². The van der Waals surface area contributed by atoms with Crippen LogP contribution < -0.4 is 0 Å². The molecule has 2 nitrogen and oxygen atoms in total. The molecule has 88 valence electrons. The average Bonchev–Trinajstić information content (AvgIpc) is 2.18. The first-order valence-corrected chi connectivity index (χ1v) is 6.62. The quantitative estimate of drug-likeness (QED) is 0.769. The molecule has 0 amide bonds. The van der Waals surface area contributed by atoms with Crippen molar-refractivity contribution in [2.24, 2.45) is 4.40 Å². The highest BCUT2D eigenvalue weighted by Gasteiger charge is 2.18. The highest BCUT2D eigenvalue weighted by atomic mass is 79.9. The van der Waals surface area contributed by atoms with Crippen molar-refractivity contribution in [2.75, 3.05) is 0 Å². The molecule has 5 heteroatoms. The molecule has 1 atom stereocenters. The lowest BCUT2D eigenvalue weighted by molar-refractivity contribution is 0.621. The molecule has 0 radical (unpaired) electrons. The summed E-state index contributed by atoms with van der Waals surface area (Å²) in [7, 11) is -1.29.